The lowest BCUT2D eigenvalue weighted by Gasteiger charge is -2.18. The Morgan fingerprint density at radius 1 is 0.200 bits per heavy atom. The van der Waals surface area contributed by atoms with Crippen molar-refractivity contribution >= 4 is 0 Å². The van der Waals surface area contributed by atoms with Gasteiger partial charge in [-0.25, -0.2) is 0 Å². The molecule has 0 aliphatic rings. The molecule has 3 heterocycles. The largest absolute Gasteiger partial charge is 0.256 e. The lowest BCUT2D eigenvalue weighted by atomic mass is 9.86. The second-order valence-electron chi connectivity index (χ2n) is 14.8. The Balaban J connectivity index is 1.12. The van der Waals surface area contributed by atoms with Gasteiger partial charge in [-0.15, -0.1) is 0 Å². The summed E-state index contributed by atoms with van der Waals surface area (Å²) in [6, 6.07) is 77.1. The van der Waals surface area contributed by atoms with Crippen LogP contribution in [-0.2, 0) is 0 Å². The summed E-state index contributed by atoms with van der Waals surface area (Å²) in [6.45, 7) is 0. The Morgan fingerprint density at radius 3 is 0.900 bits per heavy atom. The van der Waals surface area contributed by atoms with Crippen molar-refractivity contribution in [3.8, 4) is 101 Å². The zero-order chi connectivity index (χ0) is 40.1. The molecule has 282 valence electrons. The van der Waals surface area contributed by atoms with Crippen LogP contribution in [0.25, 0.3) is 101 Å². The lowest BCUT2D eigenvalue weighted by molar-refractivity contribution is 1.32. The van der Waals surface area contributed by atoms with E-state index in [-0.39, 0.29) is 0 Å². The van der Waals surface area contributed by atoms with Gasteiger partial charge in [0, 0.05) is 46.4 Å². The third-order valence-electron chi connectivity index (χ3n) is 11.1. The van der Waals surface area contributed by atoms with E-state index < -0.39 is 0 Å². The zero-order valence-corrected chi connectivity index (χ0v) is 32.9. The smallest absolute Gasteiger partial charge is 0.0702 e. The van der Waals surface area contributed by atoms with Crippen molar-refractivity contribution in [3.05, 3.63) is 237 Å². The molecule has 0 aliphatic heterocycles. The molecule has 3 aromatic heterocycles. The number of benzene rings is 7. The topological polar surface area (TPSA) is 38.7 Å². The summed E-state index contributed by atoms with van der Waals surface area (Å²) in [7, 11) is 0. The van der Waals surface area contributed by atoms with Crippen molar-refractivity contribution in [2.24, 2.45) is 0 Å². The molecule has 0 atom stereocenters. The molecule has 7 aromatic carbocycles. The molecule has 3 nitrogen and oxygen atoms in total. The van der Waals surface area contributed by atoms with E-state index in [1.165, 1.54) is 0 Å². The summed E-state index contributed by atoms with van der Waals surface area (Å²) in [5, 5.41) is 0. The van der Waals surface area contributed by atoms with E-state index in [0.29, 0.717) is 0 Å². The highest BCUT2D eigenvalue weighted by atomic mass is 14.7. The first-order valence-corrected chi connectivity index (χ1v) is 20.2. The molecule has 0 radical (unpaired) electrons. The highest BCUT2D eigenvalue weighted by Gasteiger charge is 2.17. The maximum absolute atomic E-state index is 4.92. The molecule has 0 saturated heterocycles. The molecule has 60 heavy (non-hydrogen) atoms. The maximum Gasteiger partial charge on any atom is 0.0702 e. The van der Waals surface area contributed by atoms with Crippen molar-refractivity contribution in [2.45, 2.75) is 0 Å². The molecule has 10 rings (SSSR count). The minimum absolute atomic E-state index is 0.952. The van der Waals surface area contributed by atoms with Crippen molar-refractivity contribution < 1.29 is 0 Å². The second kappa shape index (κ2) is 16.5. The number of aromatic nitrogens is 3. The first kappa shape index (κ1) is 36.3. The van der Waals surface area contributed by atoms with E-state index in [1.807, 2.05) is 48.9 Å². The number of rotatable bonds is 9. The van der Waals surface area contributed by atoms with Crippen LogP contribution in [0, 0.1) is 0 Å². The predicted molar refractivity (Wildman–Crippen MR) is 249 cm³/mol. The monoisotopic (exact) mass is 765 g/mol. The lowest BCUT2D eigenvalue weighted by Crippen LogP contribution is -1.93. The number of pyridine rings is 3. The maximum atomic E-state index is 4.92. The molecule has 0 bridgehead atoms. The van der Waals surface area contributed by atoms with Crippen LogP contribution in [0.2, 0.25) is 0 Å². The average molecular weight is 766 g/mol. The molecule has 0 fully saturated rings. The molecule has 0 amide bonds. The molecule has 0 unspecified atom stereocenters. The molecular formula is C57H39N3. The van der Waals surface area contributed by atoms with Gasteiger partial charge in [-0.2, -0.15) is 0 Å². The minimum atomic E-state index is 0.952. The summed E-state index contributed by atoms with van der Waals surface area (Å²) in [5.41, 5.74) is 19.7. The number of hydrogen-bond donors (Lipinski definition) is 0. The van der Waals surface area contributed by atoms with Crippen LogP contribution in [0.15, 0.2) is 237 Å². The van der Waals surface area contributed by atoms with Gasteiger partial charge in [0.1, 0.15) is 0 Å². The normalized spacial score (nSPS) is 11.0. The summed E-state index contributed by atoms with van der Waals surface area (Å²) in [5.74, 6) is 0. The zero-order valence-electron chi connectivity index (χ0n) is 32.9. The van der Waals surface area contributed by atoms with E-state index >= 15 is 0 Å². The van der Waals surface area contributed by atoms with Crippen LogP contribution in [0.5, 0.6) is 0 Å². The van der Waals surface area contributed by atoms with E-state index in [4.69, 9.17) is 9.97 Å². The average Bonchev–Trinajstić information content (AvgIpc) is 3.35. The van der Waals surface area contributed by atoms with Crippen LogP contribution in [0.1, 0.15) is 0 Å². The highest BCUT2D eigenvalue weighted by molar-refractivity contribution is 5.94. The van der Waals surface area contributed by atoms with Crippen LogP contribution < -0.4 is 0 Å². The molecule has 0 aliphatic carbocycles. The predicted octanol–water partition coefficient (Wildman–Crippen LogP) is 14.9. The van der Waals surface area contributed by atoms with Gasteiger partial charge in [0.25, 0.3) is 0 Å². The summed E-state index contributed by atoms with van der Waals surface area (Å²) in [6.07, 6.45) is 5.83. The van der Waals surface area contributed by atoms with Gasteiger partial charge in [-0.3, -0.25) is 15.0 Å². The quantitative estimate of drug-likeness (QED) is 0.147. The van der Waals surface area contributed by atoms with E-state index in [1.54, 1.807) is 0 Å². The Morgan fingerprint density at radius 2 is 0.517 bits per heavy atom. The molecule has 10 aromatic rings. The number of nitrogens with zero attached hydrogens (tertiary/aromatic N) is 3. The van der Waals surface area contributed by atoms with Crippen molar-refractivity contribution in [3.63, 3.8) is 0 Å². The van der Waals surface area contributed by atoms with Crippen LogP contribution >= 0.6 is 0 Å². The molecular weight excluding hydrogens is 727 g/mol. The van der Waals surface area contributed by atoms with Gasteiger partial charge in [0.15, 0.2) is 0 Å². The minimum Gasteiger partial charge on any atom is -0.256 e. The van der Waals surface area contributed by atoms with Gasteiger partial charge in [0.05, 0.1) is 17.1 Å². The van der Waals surface area contributed by atoms with E-state index in [9.17, 15) is 0 Å². The van der Waals surface area contributed by atoms with Crippen molar-refractivity contribution in [1.82, 2.24) is 15.0 Å². The first-order chi connectivity index (χ1) is 29.7. The van der Waals surface area contributed by atoms with Crippen molar-refractivity contribution in [1.29, 1.82) is 0 Å². The fraction of sp³-hybridized carbons (Fsp3) is 0. The fourth-order valence-corrected chi connectivity index (χ4v) is 8.07. The fourth-order valence-electron chi connectivity index (χ4n) is 8.07. The first-order valence-electron chi connectivity index (χ1n) is 20.2. The number of hydrogen-bond acceptors (Lipinski definition) is 3. The summed E-state index contributed by atoms with van der Waals surface area (Å²) < 4.78 is 0. The third kappa shape index (κ3) is 7.44. The molecule has 0 saturated carbocycles. The van der Waals surface area contributed by atoms with Gasteiger partial charge < -0.3 is 0 Å². The Kier molecular flexibility index (Phi) is 9.97. The van der Waals surface area contributed by atoms with E-state index in [0.717, 1.165) is 101 Å². The molecule has 0 spiro atoms. The van der Waals surface area contributed by atoms with Crippen LogP contribution in [0.4, 0.5) is 0 Å². The Labute approximate surface area is 351 Å². The van der Waals surface area contributed by atoms with E-state index in [2.05, 4.69) is 193 Å². The molecule has 0 N–H and O–H groups in total. The van der Waals surface area contributed by atoms with Gasteiger partial charge >= 0.3 is 0 Å². The second-order valence-corrected chi connectivity index (χ2v) is 14.8. The van der Waals surface area contributed by atoms with Gasteiger partial charge in [-0.05, 0) is 98.1 Å². The highest BCUT2D eigenvalue weighted by Crippen LogP contribution is 2.42. The summed E-state index contributed by atoms with van der Waals surface area (Å²) in [4.78, 5) is 14.4. The van der Waals surface area contributed by atoms with Crippen LogP contribution in [0.3, 0.4) is 0 Å². The Hall–Kier alpha value is -8.01. The standard InChI is InChI=1S/C57H39N3/c1-3-15-41(16-4-1)56-32-30-44(38-59-56)50-20-8-11-23-53(50)47-35-46(52-22-10-7-19-49(52)40-26-28-43(29-27-40)55-25-13-14-34-58-55)36-48(37-47)54-24-12-9-21-51(54)45-31-33-57(60-39-45)42-17-5-2-6-18-42/h1-39H. The summed E-state index contributed by atoms with van der Waals surface area (Å²) >= 11 is 0. The van der Waals surface area contributed by atoms with Gasteiger partial charge in [0.2, 0.25) is 0 Å². The third-order valence-corrected chi connectivity index (χ3v) is 11.1. The van der Waals surface area contributed by atoms with Gasteiger partial charge in [-0.1, -0.05) is 176 Å². The van der Waals surface area contributed by atoms with Crippen LogP contribution in [-0.4, -0.2) is 15.0 Å². The molecule has 3 heteroatoms. The van der Waals surface area contributed by atoms with Crippen molar-refractivity contribution in [2.75, 3.05) is 0 Å². The Bertz CT molecular complexity index is 2690. The SMILES string of the molecule is c1ccc(-c2ccc(-c3ccccc3-c3cc(-c4ccccc4-c4ccc(-c5ccccn5)cc4)cc(-c4ccccc4-c4ccc(-c5ccccc5)nc4)c3)cn2)cc1.